The van der Waals surface area contributed by atoms with E-state index in [4.69, 9.17) is 22.5 Å². The summed E-state index contributed by atoms with van der Waals surface area (Å²) >= 11 is 0. The lowest BCUT2D eigenvalue weighted by molar-refractivity contribution is -0.141. The third-order valence-electron chi connectivity index (χ3n) is 2.74. The van der Waals surface area contributed by atoms with E-state index in [2.05, 4.69) is 17.9 Å². The first-order valence-corrected chi connectivity index (χ1v) is 7.47. The lowest BCUT2D eigenvalue weighted by atomic mass is 10.0. The molecule has 0 spiro atoms. The minimum atomic E-state index is -0.573. The molecule has 24 heavy (non-hydrogen) atoms. The average molecular weight is 336 g/mol. The number of hydrogen-bond donors (Lipinski definition) is 4. The summed E-state index contributed by atoms with van der Waals surface area (Å²) in [6, 6.07) is 8.82. The molecule has 1 aromatic carbocycles. The first kappa shape index (κ1) is 24.0. The molecule has 0 aliphatic rings. The Morgan fingerprint density at radius 1 is 1.33 bits per heavy atom. The fraction of sp³-hybridized carbons (Fsp3) is 0.412. The molecule has 134 valence electrons. The molecule has 0 bridgehead atoms. The molecule has 7 heteroatoms. The predicted octanol–water partition coefficient (Wildman–Crippen LogP) is 0.578. The largest absolute Gasteiger partial charge is 0.465 e. The molecule has 2 atom stereocenters. The molecule has 0 fully saturated rings. The Hall–Kier alpha value is -2.24. The van der Waals surface area contributed by atoms with Crippen LogP contribution in [-0.4, -0.2) is 36.9 Å². The Morgan fingerprint density at radius 2 is 1.88 bits per heavy atom. The van der Waals surface area contributed by atoms with Gasteiger partial charge in [-0.2, -0.15) is 5.26 Å². The first-order chi connectivity index (χ1) is 11.5. The van der Waals surface area contributed by atoms with Gasteiger partial charge >= 0.3 is 5.97 Å². The van der Waals surface area contributed by atoms with Crippen molar-refractivity contribution in [2.24, 2.45) is 17.2 Å². The summed E-state index contributed by atoms with van der Waals surface area (Å²) in [5.74, 6) is -0.345. The van der Waals surface area contributed by atoms with Crippen molar-refractivity contribution < 1.29 is 14.6 Å². The molecule has 1 aromatic rings. The average Bonchev–Trinajstić information content (AvgIpc) is 2.63. The summed E-state index contributed by atoms with van der Waals surface area (Å²) in [5, 5.41) is 17.9. The summed E-state index contributed by atoms with van der Waals surface area (Å²) < 4.78 is 4.43. The topological polar surface area (TPSA) is 148 Å². The van der Waals surface area contributed by atoms with Crippen molar-refractivity contribution in [2.45, 2.75) is 25.5 Å². The SMILES string of the molecule is C=C.CCOC(=O)CN.N#Cc1ccc(C(N)CC(O)CN)cc1. The number of nitriles is 1. The number of benzene rings is 1. The number of ether oxygens (including phenoxy) is 1. The molecule has 1 rings (SSSR count). The molecule has 7 nitrogen and oxygen atoms in total. The maximum atomic E-state index is 10.1. The van der Waals surface area contributed by atoms with Crippen molar-refractivity contribution in [3.05, 3.63) is 48.6 Å². The van der Waals surface area contributed by atoms with Gasteiger partial charge in [0.05, 0.1) is 30.9 Å². The minimum absolute atomic E-state index is 0.0200. The highest BCUT2D eigenvalue weighted by Gasteiger charge is 2.10. The van der Waals surface area contributed by atoms with Gasteiger partial charge in [-0.15, -0.1) is 13.2 Å². The molecular formula is C17H28N4O3. The number of hydrogen-bond acceptors (Lipinski definition) is 7. The van der Waals surface area contributed by atoms with Gasteiger partial charge in [0.25, 0.3) is 0 Å². The van der Waals surface area contributed by atoms with Crippen molar-refractivity contribution in [3.8, 4) is 6.07 Å². The van der Waals surface area contributed by atoms with Crippen LogP contribution in [0.2, 0.25) is 0 Å². The third-order valence-corrected chi connectivity index (χ3v) is 2.74. The van der Waals surface area contributed by atoms with Crippen molar-refractivity contribution in [3.63, 3.8) is 0 Å². The van der Waals surface area contributed by atoms with Gasteiger partial charge in [-0.1, -0.05) is 12.1 Å². The fourth-order valence-electron chi connectivity index (χ4n) is 1.55. The molecule has 0 heterocycles. The van der Waals surface area contributed by atoms with Crippen LogP contribution in [0.4, 0.5) is 0 Å². The van der Waals surface area contributed by atoms with Crippen LogP contribution < -0.4 is 17.2 Å². The second-order valence-electron chi connectivity index (χ2n) is 4.47. The summed E-state index contributed by atoms with van der Waals surface area (Å²) in [6.45, 7) is 8.35. The maximum Gasteiger partial charge on any atom is 0.319 e. The van der Waals surface area contributed by atoms with Crippen LogP contribution in [0.1, 0.15) is 30.5 Å². The Bertz CT molecular complexity index is 486. The van der Waals surface area contributed by atoms with E-state index in [1.165, 1.54) is 0 Å². The van der Waals surface area contributed by atoms with Crippen LogP contribution in [0.3, 0.4) is 0 Å². The number of nitrogens with two attached hydrogens (primary N) is 3. The first-order valence-electron chi connectivity index (χ1n) is 7.47. The number of carbonyl (C=O) groups is 1. The molecule has 0 aliphatic carbocycles. The molecule has 0 saturated carbocycles. The van der Waals surface area contributed by atoms with E-state index in [1.54, 1.807) is 31.2 Å². The fourth-order valence-corrected chi connectivity index (χ4v) is 1.55. The number of esters is 1. The van der Waals surface area contributed by atoms with Crippen LogP contribution in [-0.2, 0) is 9.53 Å². The molecular weight excluding hydrogens is 308 g/mol. The Labute approximate surface area is 143 Å². The van der Waals surface area contributed by atoms with Gasteiger partial charge in [-0.05, 0) is 31.0 Å². The molecule has 0 radical (unpaired) electrons. The molecule has 0 aliphatic heterocycles. The molecule has 0 aromatic heterocycles. The zero-order valence-electron chi connectivity index (χ0n) is 14.1. The molecule has 2 unspecified atom stereocenters. The number of aliphatic hydroxyl groups is 1. The number of nitrogens with zero attached hydrogens (tertiary/aromatic N) is 1. The van der Waals surface area contributed by atoms with Crippen molar-refractivity contribution >= 4 is 5.97 Å². The summed E-state index contributed by atoms with van der Waals surface area (Å²) in [6.07, 6.45) is -0.141. The predicted molar refractivity (Wildman–Crippen MR) is 94.7 cm³/mol. The van der Waals surface area contributed by atoms with Crippen LogP contribution in [0.15, 0.2) is 37.4 Å². The van der Waals surface area contributed by atoms with Crippen LogP contribution in [0.5, 0.6) is 0 Å². The quantitative estimate of drug-likeness (QED) is 0.438. The van der Waals surface area contributed by atoms with E-state index >= 15 is 0 Å². The standard InChI is InChI=1S/C11H15N3O.C4H9NO2.C2H4/c12-6-8-1-3-9(4-2-8)11(14)5-10(15)7-13;1-2-7-4(6)3-5;1-2/h1-4,10-11,15H,5,7,13-14H2;2-3,5H2,1H3;1-2H2. The minimum Gasteiger partial charge on any atom is -0.465 e. The summed E-state index contributed by atoms with van der Waals surface area (Å²) in [5.41, 5.74) is 17.5. The third kappa shape index (κ3) is 11.3. The van der Waals surface area contributed by atoms with Crippen LogP contribution >= 0.6 is 0 Å². The Kier molecular flexibility index (Phi) is 15.7. The van der Waals surface area contributed by atoms with E-state index in [1.807, 2.05) is 6.07 Å². The van der Waals surface area contributed by atoms with E-state index in [0.717, 1.165) is 5.56 Å². The monoisotopic (exact) mass is 336 g/mol. The Balaban J connectivity index is 0. The summed E-state index contributed by atoms with van der Waals surface area (Å²) in [7, 11) is 0. The van der Waals surface area contributed by atoms with E-state index in [-0.39, 0.29) is 25.1 Å². The van der Waals surface area contributed by atoms with Crippen LogP contribution in [0.25, 0.3) is 0 Å². The zero-order valence-corrected chi connectivity index (χ0v) is 14.1. The maximum absolute atomic E-state index is 10.1. The number of rotatable bonds is 6. The highest BCUT2D eigenvalue weighted by molar-refractivity contribution is 5.71. The van der Waals surface area contributed by atoms with Gasteiger partial charge < -0.3 is 27.0 Å². The zero-order chi connectivity index (χ0) is 19.0. The second-order valence-corrected chi connectivity index (χ2v) is 4.47. The van der Waals surface area contributed by atoms with Gasteiger partial charge in [0.15, 0.2) is 0 Å². The number of aliphatic hydroxyl groups excluding tert-OH is 1. The van der Waals surface area contributed by atoms with Crippen molar-refractivity contribution in [1.29, 1.82) is 5.26 Å². The lowest BCUT2D eigenvalue weighted by Gasteiger charge is -2.15. The van der Waals surface area contributed by atoms with Gasteiger partial charge in [0, 0.05) is 12.6 Å². The lowest BCUT2D eigenvalue weighted by Crippen LogP contribution is -2.25. The molecule has 7 N–H and O–H groups in total. The Morgan fingerprint density at radius 3 is 2.21 bits per heavy atom. The van der Waals surface area contributed by atoms with Crippen molar-refractivity contribution in [1.82, 2.24) is 0 Å². The normalized spacial score (nSPS) is 11.5. The second kappa shape index (κ2) is 15.6. The van der Waals surface area contributed by atoms with Gasteiger partial charge in [-0.25, -0.2) is 0 Å². The summed E-state index contributed by atoms with van der Waals surface area (Å²) in [4.78, 5) is 10.1. The molecule has 0 amide bonds. The highest BCUT2D eigenvalue weighted by atomic mass is 16.5. The van der Waals surface area contributed by atoms with Crippen LogP contribution in [0, 0.1) is 11.3 Å². The smallest absolute Gasteiger partial charge is 0.319 e. The van der Waals surface area contributed by atoms with Crippen molar-refractivity contribution in [2.75, 3.05) is 19.7 Å². The van der Waals surface area contributed by atoms with Gasteiger partial charge in [-0.3, -0.25) is 4.79 Å². The molecule has 0 saturated heterocycles. The number of carbonyl (C=O) groups excluding carboxylic acids is 1. The highest BCUT2D eigenvalue weighted by Crippen LogP contribution is 2.16. The van der Waals surface area contributed by atoms with Gasteiger partial charge in [0.1, 0.15) is 0 Å². The van der Waals surface area contributed by atoms with E-state index < -0.39 is 6.10 Å². The van der Waals surface area contributed by atoms with E-state index in [0.29, 0.717) is 18.6 Å². The van der Waals surface area contributed by atoms with E-state index in [9.17, 15) is 9.90 Å². The van der Waals surface area contributed by atoms with Gasteiger partial charge in [0.2, 0.25) is 0 Å².